The van der Waals surface area contributed by atoms with Crippen molar-refractivity contribution in [2.45, 2.75) is 64.5 Å². The Labute approximate surface area is 231 Å². The Morgan fingerprint density at radius 3 is 2.55 bits per heavy atom. The molecule has 0 bridgehead atoms. The number of benzene rings is 1. The van der Waals surface area contributed by atoms with E-state index in [-0.39, 0.29) is 18.4 Å². The monoisotopic (exact) mass is 563 g/mol. The number of carboxylic acid groups (broad SMARTS) is 1. The van der Waals surface area contributed by atoms with Gasteiger partial charge in [0.05, 0.1) is 17.9 Å². The standard InChI is InChI=1S/C27H31Cl2N3O6/c1-15-25(29)20(30-38-15)14-37-22-9-8-19(28)18-10-12-32(21(24(18)22)13-31-11-4-7-23(31)33)26(34)16-5-2-3-6-17(16)27(35)36/h8-9,16-17,21H,2-7,10-14H2,1H3,(H,35,36). The number of rotatable bonds is 7. The van der Waals surface area contributed by atoms with Crippen LogP contribution in [-0.4, -0.2) is 57.5 Å². The Morgan fingerprint density at radius 2 is 1.89 bits per heavy atom. The fourth-order valence-electron chi connectivity index (χ4n) is 6.04. The van der Waals surface area contributed by atoms with Gasteiger partial charge in [-0.15, -0.1) is 0 Å². The van der Waals surface area contributed by atoms with Gasteiger partial charge in [-0.25, -0.2) is 0 Å². The summed E-state index contributed by atoms with van der Waals surface area (Å²) in [5, 5.41) is 14.8. The quantitative estimate of drug-likeness (QED) is 0.514. The number of hydrogen-bond acceptors (Lipinski definition) is 6. The topological polar surface area (TPSA) is 113 Å². The number of halogens is 2. The summed E-state index contributed by atoms with van der Waals surface area (Å²) in [6.45, 7) is 3.06. The van der Waals surface area contributed by atoms with Crippen molar-refractivity contribution in [3.8, 4) is 5.75 Å². The fourth-order valence-corrected chi connectivity index (χ4v) is 6.43. The molecule has 9 nitrogen and oxygen atoms in total. The first-order valence-electron chi connectivity index (χ1n) is 13.1. The number of nitrogens with zero attached hydrogens (tertiary/aromatic N) is 3. The summed E-state index contributed by atoms with van der Waals surface area (Å²) in [6, 6.07) is 3.01. The molecule has 1 aliphatic carbocycles. The highest BCUT2D eigenvalue weighted by molar-refractivity contribution is 6.32. The van der Waals surface area contributed by atoms with Crippen LogP contribution in [-0.2, 0) is 27.4 Å². The van der Waals surface area contributed by atoms with Crippen LogP contribution in [0.4, 0.5) is 0 Å². The summed E-state index contributed by atoms with van der Waals surface area (Å²) in [6.07, 6.45) is 4.38. The van der Waals surface area contributed by atoms with Gasteiger partial charge in [-0.05, 0) is 50.3 Å². The van der Waals surface area contributed by atoms with Crippen molar-refractivity contribution in [1.29, 1.82) is 0 Å². The van der Waals surface area contributed by atoms with E-state index in [1.807, 2.05) is 0 Å². The van der Waals surface area contributed by atoms with Gasteiger partial charge in [0.25, 0.3) is 0 Å². The van der Waals surface area contributed by atoms with Crippen LogP contribution in [0.15, 0.2) is 16.7 Å². The SMILES string of the molecule is Cc1onc(COc2ccc(Cl)c3c2C(CN2CCCC2=O)N(C(=O)C2CCCCC2C(=O)O)CC3)c1Cl. The number of aromatic nitrogens is 1. The van der Waals surface area contributed by atoms with Gasteiger partial charge in [-0.1, -0.05) is 41.2 Å². The minimum atomic E-state index is -0.932. The Hall–Kier alpha value is -2.78. The van der Waals surface area contributed by atoms with Crippen LogP contribution in [0.3, 0.4) is 0 Å². The van der Waals surface area contributed by atoms with E-state index >= 15 is 0 Å². The molecule has 2 aliphatic heterocycles. The van der Waals surface area contributed by atoms with Crippen molar-refractivity contribution < 1.29 is 28.8 Å². The molecule has 204 valence electrons. The molecule has 0 spiro atoms. The molecule has 1 saturated heterocycles. The van der Waals surface area contributed by atoms with Crippen LogP contribution < -0.4 is 4.74 Å². The van der Waals surface area contributed by atoms with E-state index in [9.17, 15) is 19.5 Å². The molecule has 1 aromatic carbocycles. The maximum atomic E-state index is 14.0. The molecular weight excluding hydrogens is 533 g/mol. The predicted octanol–water partition coefficient (Wildman–Crippen LogP) is 4.81. The summed E-state index contributed by atoms with van der Waals surface area (Å²) in [5.74, 6) is -1.36. The summed E-state index contributed by atoms with van der Waals surface area (Å²) >= 11 is 12.9. The summed E-state index contributed by atoms with van der Waals surface area (Å²) in [4.78, 5) is 42.2. The lowest BCUT2D eigenvalue weighted by Gasteiger charge is -2.43. The molecule has 38 heavy (non-hydrogen) atoms. The zero-order chi connectivity index (χ0) is 27.0. The highest BCUT2D eigenvalue weighted by Gasteiger charge is 2.43. The number of amides is 2. The summed E-state index contributed by atoms with van der Waals surface area (Å²) in [5.41, 5.74) is 2.07. The molecule has 3 atom stereocenters. The number of aryl methyl sites for hydroxylation is 1. The van der Waals surface area contributed by atoms with Crippen molar-refractivity contribution in [3.05, 3.63) is 44.8 Å². The largest absolute Gasteiger partial charge is 0.487 e. The molecular formula is C27H31Cl2N3O6. The maximum Gasteiger partial charge on any atom is 0.307 e. The van der Waals surface area contributed by atoms with Crippen LogP contribution >= 0.6 is 23.2 Å². The van der Waals surface area contributed by atoms with Crippen LogP contribution in [0.25, 0.3) is 0 Å². The first-order valence-corrected chi connectivity index (χ1v) is 13.9. The summed E-state index contributed by atoms with van der Waals surface area (Å²) in [7, 11) is 0. The zero-order valence-corrected chi connectivity index (χ0v) is 22.8. The minimum Gasteiger partial charge on any atom is -0.487 e. The van der Waals surface area contributed by atoms with Crippen LogP contribution in [0.1, 0.15) is 67.1 Å². The predicted molar refractivity (Wildman–Crippen MR) is 139 cm³/mol. The zero-order valence-electron chi connectivity index (χ0n) is 21.3. The van der Waals surface area contributed by atoms with Crippen molar-refractivity contribution in [2.75, 3.05) is 19.6 Å². The number of fused-ring (bicyclic) bond motifs is 1. The third kappa shape index (κ3) is 5.10. The number of hydrogen-bond donors (Lipinski definition) is 1. The van der Waals surface area contributed by atoms with Gasteiger partial charge in [-0.2, -0.15) is 0 Å². The smallest absolute Gasteiger partial charge is 0.307 e. The number of likely N-dealkylation sites (tertiary alicyclic amines) is 1. The molecule has 3 unspecified atom stereocenters. The highest BCUT2D eigenvalue weighted by Crippen LogP contribution is 2.43. The van der Waals surface area contributed by atoms with E-state index in [1.54, 1.807) is 28.9 Å². The molecule has 1 saturated carbocycles. The average molecular weight is 564 g/mol. The maximum absolute atomic E-state index is 14.0. The van der Waals surface area contributed by atoms with Crippen LogP contribution in [0.2, 0.25) is 10.0 Å². The Morgan fingerprint density at radius 1 is 1.13 bits per heavy atom. The third-order valence-electron chi connectivity index (χ3n) is 8.04. The Kier molecular flexibility index (Phi) is 7.86. The number of ether oxygens (including phenoxy) is 1. The molecule has 0 radical (unpaired) electrons. The van der Waals surface area contributed by atoms with E-state index in [1.165, 1.54) is 0 Å². The first kappa shape index (κ1) is 26.8. The summed E-state index contributed by atoms with van der Waals surface area (Å²) < 4.78 is 11.3. The molecule has 3 heterocycles. The second-order valence-corrected chi connectivity index (χ2v) is 11.1. The van der Waals surface area contributed by atoms with Gasteiger partial charge in [-0.3, -0.25) is 14.4 Å². The van der Waals surface area contributed by atoms with Crippen molar-refractivity contribution in [3.63, 3.8) is 0 Å². The Balaban J connectivity index is 1.52. The molecule has 5 rings (SSSR count). The lowest BCUT2D eigenvalue weighted by atomic mass is 9.77. The number of aliphatic carboxylic acids is 1. The van der Waals surface area contributed by atoms with Gasteiger partial charge in [0.2, 0.25) is 11.8 Å². The van der Waals surface area contributed by atoms with Crippen molar-refractivity contribution in [1.82, 2.24) is 15.0 Å². The molecule has 1 N–H and O–H groups in total. The Bertz CT molecular complexity index is 1250. The molecule has 2 aromatic rings. The van der Waals surface area contributed by atoms with Gasteiger partial charge in [0.1, 0.15) is 23.1 Å². The van der Waals surface area contributed by atoms with E-state index in [4.69, 9.17) is 32.5 Å². The lowest BCUT2D eigenvalue weighted by molar-refractivity contribution is -0.154. The average Bonchev–Trinajstić information content (AvgIpc) is 3.47. The third-order valence-corrected chi connectivity index (χ3v) is 8.88. The first-order chi connectivity index (χ1) is 18.3. The number of carbonyl (C=O) groups excluding carboxylic acids is 2. The number of carboxylic acids is 1. The van der Waals surface area contributed by atoms with E-state index in [0.717, 1.165) is 30.4 Å². The van der Waals surface area contributed by atoms with E-state index < -0.39 is 23.8 Å². The van der Waals surface area contributed by atoms with Crippen molar-refractivity contribution >= 4 is 41.0 Å². The molecule has 11 heteroatoms. The van der Waals surface area contributed by atoms with Gasteiger partial charge < -0.3 is 24.2 Å². The van der Waals surface area contributed by atoms with Gasteiger partial charge >= 0.3 is 5.97 Å². The van der Waals surface area contributed by atoms with Crippen molar-refractivity contribution in [2.24, 2.45) is 11.8 Å². The van der Waals surface area contributed by atoms with Crippen LogP contribution in [0, 0.1) is 18.8 Å². The lowest BCUT2D eigenvalue weighted by Crippen LogP contribution is -2.50. The van der Waals surface area contributed by atoms with Gasteiger partial charge in [0.15, 0.2) is 5.76 Å². The molecule has 1 aromatic heterocycles. The number of carbonyl (C=O) groups is 3. The van der Waals surface area contributed by atoms with E-state index in [2.05, 4.69) is 5.16 Å². The molecule has 3 aliphatic rings. The molecule has 2 amide bonds. The van der Waals surface area contributed by atoms with E-state index in [0.29, 0.717) is 72.6 Å². The molecule has 2 fully saturated rings. The second kappa shape index (κ2) is 11.1. The highest BCUT2D eigenvalue weighted by atomic mass is 35.5. The van der Waals surface area contributed by atoms with Crippen LogP contribution in [0.5, 0.6) is 5.75 Å². The normalized spacial score (nSPS) is 23.4. The minimum absolute atomic E-state index is 0.0416. The fraction of sp³-hybridized carbons (Fsp3) is 0.556. The van der Waals surface area contributed by atoms with Gasteiger partial charge in [0, 0.05) is 36.6 Å². The second-order valence-electron chi connectivity index (χ2n) is 10.3.